The van der Waals surface area contributed by atoms with E-state index in [0.717, 1.165) is 49.0 Å². The summed E-state index contributed by atoms with van der Waals surface area (Å²) in [6.07, 6.45) is 2.97. The zero-order valence-electron chi connectivity index (χ0n) is 21.3. The Morgan fingerprint density at radius 2 is 1.69 bits per heavy atom. The lowest BCUT2D eigenvalue weighted by molar-refractivity contribution is -0.938. The molecule has 7 nitrogen and oxygen atoms in total. The van der Waals surface area contributed by atoms with Crippen LogP contribution in [0.1, 0.15) is 60.2 Å². The van der Waals surface area contributed by atoms with Gasteiger partial charge in [-0.1, -0.05) is 36.4 Å². The van der Waals surface area contributed by atoms with Gasteiger partial charge in [0.05, 0.1) is 30.9 Å². The first-order chi connectivity index (χ1) is 16.8. The molecule has 7 heteroatoms. The number of aryl methyl sites for hydroxylation is 2. The van der Waals surface area contributed by atoms with Crippen molar-refractivity contribution in [3.05, 3.63) is 64.7 Å². The minimum Gasteiger partial charge on any atom is -0.462 e. The topological polar surface area (TPSA) is 81.7 Å². The second kappa shape index (κ2) is 12.0. The third-order valence-corrected chi connectivity index (χ3v) is 6.82. The molecule has 1 fully saturated rings. The first-order valence-corrected chi connectivity index (χ1v) is 12.4. The van der Waals surface area contributed by atoms with Crippen LogP contribution in [0.3, 0.4) is 0 Å². The summed E-state index contributed by atoms with van der Waals surface area (Å²) in [6.45, 7) is 9.44. The number of rotatable bonds is 9. The van der Waals surface area contributed by atoms with E-state index in [1.165, 1.54) is 0 Å². The second-order valence-corrected chi connectivity index (χ2v) is 9.42. The number of likely N-dealkylation sites (tertiary alicyclic amines) is 1. The van der Waals surface area contributed by atoms with Crippen LogP contribution >= 0.6 is 0 Å². The zero-order chi connectivity index (χ0) is 25.4. The van der Waals surface area contributed by atoms with Gasteiger partial charge in [-0.05, 0) is 69.7 Å². The van der Waals surface area contributed by atoms with E-state index in [9.17, 15) is 14.4 Å². The minimum atomic E-state index is -0.490. The van der Waals surface area contributed by atoms with Gasteiger partial charge in [0.2, 0.25) is 0 Å². The van der Waals surface area contributed by atoms with E-state index < -0.39 is 12.0 Å². The van der Waals surface area contributed by atoms with Crippen LogP contribution < -0.4 is 5.32 Å². The van der Waals surface area contributed by atoms with Gasteiger partial charge < -0.3 is 19.3 Å². The molecule has 1 unspecified atom stereocenters. The largest absolute Gasteiger partial charge is 0.462 e. The van der Waals surface area contributed by atoms with E-state index >= 15 is 0 Å². The van der Waals surface area contributed by atoms with Crippen LogP contribution in [0.4, 0.5) is 5.69 Å². The molecular weight excluding hydrogens is 444 g/mol. The first-order valence-electron chi connectivity index (χ1n) is 12.4. The second-order valence-electron chi connectivity index (χ2n) is 9.42. The highest BCUT2D eigenvalue weighted by Crippen LogP contribution is 2.27. The summed E-state index contributed by atoms with van der Waals surface area (Å²) < 4.78 is 11.1. The fourth-order valence-corrected chi connectivity index (χ4v) is 4.84. The lowest BCUT2D eigenvalue weighted by Crippen LogP contribution is -2.63. The van der Waals surface area contributed by atoms with Crippen molar-refractivity contribution in [3.63, 3.8) is 0 Å². The summed E-state index contributed by atoms with van der Waals surface area (Å²) in [7, 11) is 0. The van der Waals surface area contributed by atoms with E-state index in [-0.39, 0.29) is 31.6 Å². The average Bonchev–Trinajstić information content (AvgIpc) is 2.85. The highest BCUT2D eigenvalue weighted by atomic mass is 16.5. The number of hydrogen-bond donors (Lipinski definition) is 1. The van der Waals surface area contributed by atoms with Crippen molar-refractivity contribution in [1.29, 1.82) is 0 Å². The summed E-state index contributed by atoms with van der Waals surface area (Å²) in [5.41, 5.74) is 3.45. The van der Waals surface area contributed by atoms with Crippen LogP contribution in [0.25, 0.3) is 0 Å². The molecule has 0 spiro atoms. The third kappa shape index (κ3) is 6.69. The molecule has 1 atom stereocenters. The van der Waals surface area contributed by atoms with Crippen LogP contribution in [0.2, 0.25) is 0 Å². The van der Waals surface area contributed by atoms with E-state index in [0.29, 0.717) is 15.7 Å². The number of carbonyl (C=O) groups is 3. The van der Waals surface area contributed by atoms with Crippen LogP contribution in [0.15, 0.2) is 42.5 Å². The van der Waals surface area contributed by atoms with Crippen LogP contribution in [0.5, 0.6) is 0 Å². The van der Waals surface area contributed by atoms with Crippen molar-refractivity contribution in [1.82, 2.24) is 0 Å². The molecule has 1 heterocycles. The lowest BCUT2D eigenvalue weighted by Gasteiger charge is -2.44. The SMILES string of the molecule is CCOC(=O)c1cc(C)cc(C)c1NC(=O)C(C)[N+]1(CC(=O)OCc2ccccc2)CCCCC1. The van der Waals surface area contributed by atoms with Crippen LogP contribution in [-0.2, 0) is 25.7 Å². The smallest absolute Gasteiger partial charge is 0.362 e. The van der Waals surface area contributed by atoms with Gasteiger partial charge in [-0.25, -0.2) is 9.59 Å². The van der Waals surface area contributed by atoms with E-state index in [2.05, 4.69) is 5.32 Å². The maximum atomic E-state index is 13.5. The highest BCUT2D eigenvalue weighted by molar-refractivity contribution is 6.03. The van der Waals surface area contributed by atoms with Crippen LogP contribution in [0, 0.1) is 13.8 Å². The molecule has 0 aliphatic carbocycles. The average molecular weight is 482 g/mol. The van der Waals surface area contributed by atoms with Crippen molar-refractivity contribution < 1.29 is 28.3 Å². The van der Waals surface area contributed by atoms with Gasteiger partial charge in [0.25, 0.3) is 5.91 Å². The highest BCUT2D eigenvalue weighted by Gasteiger charge is 2.42. The molecule has 0 radical (unpaired) electrons. The molecule has 1 N–H and O–H groups in total. The van der Waals surface area contributed by atoms with E-state index in [1.807, 2.05) is 57.2 Å². The molecule has 35 heavy (non-hydrogen) atoms. The molecule has 1 aliphatic heterocycles. The number of piperidine rings is 1. The number of anilines is 1. The van der Waals surface area contributed by atoms with Gasteiger partial charge in [0, 0.05) is 0 Å². The Morgan fingerprint density at radius 3 is 2.34 bits per heavy atom. The fourth-order valence-electron chi connectivity index (χ4n) is 4.84. The van der Waals surface area contributed by atoms with Crippen molar-refractivity contribution in [3.8, 4) is 0 Å². The van der Waals surface area contributed by atoms with E-state index in [4.69, 9.17) is 9.47 Å². The number of nitrogens with zero attached hydrogens (tertiary/aromatic N) is 1. The molecule has 3 rings (SSSR count). The molecule has 2 aromatic rings. The number of carbonyl (C=O) groups excluding carboxylic acids is 3. The Hall–Kier alpha value is -3.19. The van der Waals surface area contributed by atoms with Gasteiger partial charge in [0.15, 0.2) is 12.6 Å². The normalized spacial score (nSPS) is 15.7. The summed E-state index contributed by atoms with van der Waals surface area (Å²) in [5.74, 6) is -0.997. The maximum Gasteiger partial charge on any atom is 0.362 e. The van der Waals surface area contributed by atoms with Crippen molar-refractivity contribution in [2.75, 3.05) is 31.6 Å². The van der Waals surface area contributed by atoms with Gasteiger partial charge in [-0.3, -0.25) is 4.79 Å². The molecule has 188 valence electrons. The third-order valence-electron chi connectivity index (χ3n) is 6.82. The summed E-state index contributed by atoms with van der Waals surface area (Å²) in [5, 5.41) is 2.99. The zero-order valence-corrected chi connectivity index (χ0v) is 21.3. The Bertz CT molecular complexity index is 1040. The van der Waals surface area contributed by atoms with Gasteiger partial charge >= 0.3 is 11.9 Å². The molecule has 2 aromatic carbocycles. The van der Waals surface area contributed by atoms with Gasteiger partial charge in [-0.15, -0.1) is 0 Å². The quantitative estimate of drug-likeness (QED) is 0.420. The molecule has 0 saturated carbocycles. The Kier molecular flexibility index (Phi) is 9.04. The fraction of sp³-hybridized carbons (Fsp3) is 0.464. The number of esters is 2. The minimum absolute atomic E-state index is 0.138. The summed E-state index contributed by atoms with van der Waals surface area (Å²) in [6, 6.07) is 12.7. The number of hydrogen-bond acceptors (Lipinski definition) is 5. The van der Waals surface area contributed by atoms with Crippen molar-refractivity contribution in [2.24, 2.45) is 0 Å². The number of quaternary nitrogens is 1. The molecule has 1 saturated heterocycles. The Balaban J connectivity index is 1.77. The summed E-state index contributed by atoms with van der Waals surface area (Å²) in [4.78, 5) is 38.9. The molecule has 0 bridgehead atoms. The molecular formula is C28H37N2O5+. The van der Waals surface area contributed by atoms with Crippen LogP contribution in [-0.4, -0.2) is 54.6 Å². The predicted octanol–water partition coefficient (Wildman–Crippen LogP) is 4.55. The lowest BCUT2D eigenvalue weighted by atomic mass is 10.0. The number of benzene rings is 2. The van der Waals surface area contributed by atoms with Crippen molar-refractivity contribution in [2.45, 2.75) is 59.6 Å². The standard InChI is InChI=1S/C28H36N2O5/c1-5-34-28(33)24-17-20(2)16-21(3)26(24)29-27(32)22(4)30(14-10-7-11-15-30)18-25(31)35-19-23-12-8-6-9-13-23/h6,8-9,12-13,16-17,22H,5,7,10-11,14-15,18-19H2,1-4H3/p+1. The molecule has 0 aromatic heterocycles. The monoisotopic (exact) mass is 481 g/mol. The molecule has 1 aliphatic rings. The Labute approximate surface area is 208 Å². The van der Waals surface area contributed by atoms with E-state index in [1.54, 1.807) is 13.0 Å². The number of ether oxygens (including phenoxy) is 2. The van der Waals surface area contributed by atoms with Gasteiger partial charge in [0.1, 0.15) is 6.61 Å². The predicted molar refractivity (Wildman–Crippen MR) is 135 cm³/mol. The van der Waals surface area contributed by atoms with Crippen molar-refractivity contribution >= 4 is 23.5 Å². The first kappa shape index (κ1) is 26.4. The van der Waals surface area contributed by atoms with Gasteiger partial charge in [-0.2, -0.15) is 0 Å². The number of amides is 1. The molecule has 1 amide bonds. The number of nitrogens with one attached hydrogen (secondary N) is 1. The Morgan fingerprint density at radius 1 is 1.00 bits per heavy atom. The maximum absolute atomic E-state index is 13.5. The summed E-state index contributed by atoms with van der Waals surface area (Å²) >= 11 is 0.